The van der Waals surface area contributed by atoms with Crippen molar-refractivity contribution in [3.05, 3.63) is 0 Å². The first kappa shape index (κ1) is 15.9. The minimum Gasteiger partial charge on any atom is -0.379 e. The summed E-state index contributed by atoms with van der Waals surface area (Å²) in [6, 6.07) is 0.657. The molecule has 98 valence electrons. The second-order valence-electron chi connectivity index (χ2n) is 4.03. The van der Waals surface area contributed by atoms with E-state index in [1.165, 1.54) is 12.8 Å². The Balaban J connectivity index is 3.12. The lowest BCUT2D eigenvalue weighted by Crippen LogP contribution is -2.28. The van der Waals surface area contributed by atoms with Crippen molar-refractivity contribution < 1.29 is 9.47 Å². The van der Waals surface area contributed by atoms with Crippen molar-refractivity contribution in [2.75, 3.05) is 33.0 Å². The van der Waals surface area contributed by atoms with E-state index in [1.807, 2.05) is 0 Å². The molecule has 0 aromatic rings. The van der Waals surface area contributed by atoms with Gasteiger partial charge in [0.1, 0.15) is 0 Å². The Labute approximate surface area is 101 Å². The van der Waals surface area contributed by atoms with Crippen molar-refractivity contribution in [3.8, 4) is 0 Å². The highest BCUT2D eigenvalue weighted by Gasteiger charge is 2.02. The molecule has 0 bridgehead atoms. The normalized spacial score (nSPS) is 12.9. The van der Waals surface area contributed by atoms with Crippen LogP contribution in [0.2, 0.25) is 0 Å². The summed E-state index contributed by atoms with van der Waals surface area (Å²) >= 11 is 0. The number of ether oxygens (including phenoxy) is 2. The van der Waals surface area contributed by atoms with Gasteiger partial charge in [0.05, 0.1) is 13.2 Å². The molecule has 1 N–H and O–H groups in total. The summed E-state index contributed by atoms with van der Waals surface area (Å²) in [5, 5.41) is 3.47. The zero-order valence-electron chi connectivity index (χ0n) is 11.3. The maximum atomic E-state index is 5.50. The topological polar surface area (TPSA) is 30.5 Å². The molecule has 0 amide bonds. The van der Waals surface area contributed by atoms with Gasteiger partial charge in [0.25, 0.3) is 0 Å². The average molecular weight is 231 g/mol. The largest absolute Gasteiger partial charge is 0.379 e. The molecule has 0 aliphatic carbocycles. The molecule has 16 heavy (non-hydrogen) atoms. The molecular formula is C13H29NO2. The summed E-state index contributed by atoms with van der Waals surface area (Å²) in [5.74, 6) is 0. The highest BCUT2D eigenvalue weighted by atomic mass is 16.5. The second-order valence-corrected chi connectivity index (χ2v) is 4.03. The minimum atomic E-state index is 0.657. The molecule has 0 aromatic heterocycles. The monoisotopic (exact) mass is 231 g/mol. The van der Waals surface area contributed by atoms with E-state index in [9.17, 15) is 0 Å². The van der Waals surface area contributed by atoms with Crippen molar-refractivity contribution in [1.82, 2.24) is 5.32 Å². The fraction of sp³-hybridized carbons (Fsp3) is 1.00. The molecule has 1 unspecified atom stereocenters. The Kier molecular flexibility index (Phi) is 12.9. The zero-order valence-corrected chi connectivity index (χ0v) is 11.3. The smallest absolute Gasteiger partial charge is 0.0700 e. The Hall–Kier alpha value is -0.120. The molecule has 0 fully saturated rings. The standard InChI is InChI=1S/C13H29NO2/c1-4-9-15-11-12-16-10-7-8-13(5-2)14-6-3/h13-14H,4-12H2,1-3H3. The minimum absolute atomic E-state index is 0.657. The lowest BCUT2D eigenvalue weighted by atomic mass is 10.1. The molecule has 3 nitrogen and oxygen atoms in total. The third kappa shape index (κ3) is 10.4. The van der Waals surface area contributed by atoms with Gasteiger partial charge in [0.2, 0.25) is 0 Å². The van der Waals surface area contributed by atoms with Gasteiger partial charge in [0, 0.05) is 19.3 Å². The van der Waals surface area contributed by atoms with Crippen LogP contribution in [0.1, 0.15) is 46.5 Å². The van der Waals surface area contributed by atoms with E-state index >= 15 is 0 Å². The predicted octanol–water partition coefficient (Wildman–Crippen LogP) is 2.60. The summed E-state index contributed by atoms with van der Waals surface area (Å²) in [4.78, 5) is 0. The van der Waals surface area contributed by atoms with Gasteiger partial charge < -0.3 is 14.8 Å². The van der Waals surface area contributed by atoms with E-state index in [4.69, 9.17) is 9.47 Å². The van der Waals surface area contributed by atoms with Crippen molar-refractivity contribution >= 4 is 0 Å². The number of rotatable bonds is 12. The Morgan fingerprint density at radius 3 is 2.19 bits per heavy atom. The Morgan fingerprint density at radius 1 is 0.938 bits per heavy atom. The lowest BCUT2D eigenvalue weighted by molar-refractivity contribution is 0.0460. The van der Waals surface area contributed by atoms with Crippen LogP contribution in [0, 0.1) is 0 Å². The molecule has 0 radical (unpaired) electrons. The van der Waals surface area contributed by atoms with Crippen molar-refractivity contribution in [2.24, 2.45) is 0 Å². The van der Waals surface area contributed by atoms with Crippen LogP contribution in [-0.2, 0) is 9.47 Å². The summed E-state index contributed by atoms with van der Waals surface area (Å²) in [5.41, 5.74) is 0. The molecule has 0 rings (SSSR count). The van der Waals surface area contributed by atoms with E-state index in [2.05, 4.69) is 26.1 Å². The van der Waals surface area contributed by atoms with Crippen LogP contribution in [0.4, 0.5) is 0 Å². The van der Waals surface area contributed by atoms with Crippen LogP contribution in [0.5, 0.6) is 0 Å². The van der Waals surface area contributed by atoms with Crippen LogP contribution >= 0.6 is 0 Å². The summed E-state index contributed by atoms with van der Waals surface area (Å²) in [6.07, 6.45) is 4.63. The first-order valence-corrected chi connectivity index (χ1v) is 6.73. The SMILES string of the molecule is CCCOCCOCCCC(CC)NCC. The third-order valence-electron chi connectivity index (χ3n) is 2.55. The number of nitrogens with one attached hydrogen (secondary N) is 1. The van der Waals surface area contributed by atoms with Crippen LogP contribution in [0.15, 0.2) is 0 Å². The predicted molar refractivity (Wildman–Crippen MR) is 68.9 cm³/mol. The van der Waals surface area contributed by atoms with Gasteiger partial charge >= 0.3 is 0 Å². The quantitative estimate of drug-likeness (QED) is 0.524. The molecule has 0 aromatic carbocycles. The highest BCUT2D eigenvalue weighted by Crippen LogP contribution is 2.01. The van der Waals surface area contributed by atoms with Gasteiger partial charge in [-0.05, 0) is 32.2 Å². The molecule has 1 atom stereocenters. The van der Waals surface area contributed by atoms with Crippen LogP contribution in [0.3, 0.4) is 0 Å². The molecule has 0 aliphatic heterocycles. The third-order valence-corrected chi connectivity index (χ3v) is 2.55. The summed E-state index contributed by atoms with van der Waals surface area (Å²) in [6.45, 7) is 10.7. The molecule has 0 saturated heterocycles. The first-order chi connectivity index (χ1) is 7.85. The van der Waals surface area contributed by atoms with Crippen molar-refractivity contribution in [3.63, 3.8) is 0 Å². The Morgan fingerprint density at radius 2 is 1.62 bits per heavy atom. The highest BCUT2D eigenvalue weighted by molar-refractivity contribution is 4.62. The maximum Gasteiger partial charge on any atom is 0.0700 e. The van der Waals surface area contributed by atoms with Crippen molar-refractivity contribution in [1.29, 1.82) is 0 Å². The van der Waals surface area contributed by atoms with Crippen LogP contribution in [-0.4, -0.2) is 39.0 Å². The number of hydrogen-bond acceptors (Lipinski definition) is 3. The van der Waals surface area contributed by atoms with Crippen LogP contribution < -0.4 is 5.32 Å². The summed E-state index contributed by atoms with van der Waals surface area (Å²) in [7, 11) is 0. The van der Waals surface area contributed by atoms with Crippen molar-refractivity contribution in [2.45, 2.75) is 52.5 Å². The van der Waals surface area contributed by atoms with Gasteiger partial charge in [0.15, 0.2) is 0 Å². The van der Waals surface area contributed by atoms with E-state index in [-0.39, 0.29) is 0 Å². The van der Waals surface area contributed by atoms with E-state index in [0.717, 1.165) is 45.8 Å². The second kappa shape index (κ2) is 12.9. The van der Waals surface area contributed by atoms with Gasteiger partial charge in [-0.2, -0.15) is 0 Å². The Bertz CT molecular complexity index is 131. The fourth-order valence-electron chi connectivity index (χ4n) is 1.64. The fourth-order valence-corrected chi connectivity index (χ4v) is 1.64. The summed E-state index contributed by atoms with van der Waals surface area (Å²) < 4.78 is 10.8. The average Bonchev–Trinajstić information content (AvgIpc) is 2.31. The molecule has 0 saturated carbocycles. The van der Waals surface area contributed by atoms with Crippen LogP contribution in [0.25, 0.3) is 0 Å². The molecule has 0 heterocycles. The maximum absolute atomic E-state index is 5.50. The molecule has 0 spiro atoms. The van der Waals surface area contributed by atoms with Gasteiger partial charge in [-0.25, -0.2) is 0 Å². The van der Waals surface area contributed by atoms with E-state index in [1.54, 1.807) is 0 Å². The van der Waals surface area contributed by atoms with Gasteiger partial charge in [-0.1, -0.05) is 20.8 Å². The van der Waals surface area contributed by atoms with Gasteiger partial charge in [-0.3, -0.25) is 0 Å². The number of hydrogen-bond donors (Lipinski definition) is 1. The van der Waals surface area contributed by atoms with Gasteiger partial charge in [-0.15, -0.1) is 0 Å². The lowest BCUT2D eigenvalue weighted by Gasteiger charge is -2.15. The van der Waals surface area contributed by atoms with E-state index in [0.29, 0.717) is 6.04 Å². The zero-order chi connectivity index (χ0) is 12.1. The first-order valence-electron chi connectivity index (χ1n) is 6.73. The van der Waals surface area contributed by atoms with E-state index < -0.39 is 0 Å². The molecule has 3 heteroatoms. The molecule has 0 aliphatic rings. The molecular weight excluding hydrogens is 202 g/mol.